The average Bonchev–Trinajstić information content (AvgIpc) is 2.64. The molecule has 0 radical (unpaired) electrons. The van der Waals surface area contributed by atoms with Crippen molar-refractivity contribution in [3.05, 3.63) is 35.9 Å². The third-order valence-electron chi connectivity index (χ3n) is 5.53. The molecular formula is C22H40IN5. The minimum atomic E-state index is 0. The average molecular weight is 502 g/mol. The van der Waals surface area contributed by atoms with Gasteiger partial charge in [0.05, 0.1) is 6.54 Å². The Kier molecular flexibility index (Phi) is 12.0. The zero-order valence-electron chi connectivity index (χ0n) is 18.3. The van der Waals surface area contributed by atoms with E-state index in [4.69, 9.17) is 4.99 Å². The van der Waals surface area contributed by atoms with Crippen LogP contribution in [0, 0.1) is 0 Å². The van der Waals surface area contributed by atoms with Gasteiger partial charge in [-0.15, -0.1) is 24.0 Å². The van der Waals surface area contributed by atoms with E-state index in [0.717, 1.165) is 51.5 Å². The molecule has 1 aliphatic heterocycles. The van der Waals surface area contributed by atoms with Crippen molar-refractivity contribution in [2.24, 2.45) is 4.99 Å². The molecule has 6 heteroatoms. The number of piperidine rings is 1. The molecule has 0 amide bonds. The van der Waals surface area contributed by atoms with E-state index < -0.39 is 0 Å². The summed E-state index contributed by atoms with van der Waals surface area (Å²) in [5.41, 5.74) is 1.40. The first-order valence-electron chi connectivity index (χ1n) is 10.5. The van der Waals surface area contributed by atoms with Crippen molar-refractivity contribution >= 4 is 29.9 Å². The van der Waals surface area contributed by atoms with Crippen LogP contribution in [-0.4, -0.2) is 67.1 Å². The van der Waals surface area contributed by atoms with Crippen molar-refractivity contribution in [3.63, 3.8) is 0 Å². The van der Waals surface area contributed by atoms with Gasteiger partial charge in [-0.1, -0.05) is 30.3 Å². The highest BCUT2D eigenvalue weighted by Crippen LogP contribution is 2.19. The number of rotatable bonds is 8. The standard InChI is InChI=1S/C22H39N5.HI/c1-6-23-22(24-13-15-26(5)18(2)3)25-21-12-14-27(19(4)16-21)17-20-10-8-7-9-11-20;/h7-11,18-19,21H,6,12-17H2,1-5H3,(H2,23,24,25);1H. The Morgan fingerprint density at radius 1 is 1.29 bits per heavy atom. The van der Waals surface area contributed by atoms with Crippen LogP contribution in [0.1, 0.15) is 46.1 Å². The number of aliphatic imine (C=N–C) groups is 1. The third-order valence-corrected chi connectivity index (χ3v) is 5.53. The van der Waals surface area contributed by atoms with Crippen LogP contribution in [0.25, 0.3) is 0 Å². The Morgan fingerprint density at radius 2 is 2.00 bits per heavy atom. The van der Waals surface area contributed by atoms with Gasteiger partial charge in [0.2, 0.25) is 0 Å². The fourth-order valence-electron chi connectivity index (χ4n) is 3.50. The van der Waals surface area contributed by atoms with E-state index in [0.29, 0.717) is 18.1 Å². The van der Waals surface area contributed by atoms with Gasteiger partial charge in [-0.2, -0.15) is 0 Å². The molecule has 2 rings (SSSR count). The number of hydrogen-bond acceptors (Lipinski definition) is 3. The molecule has 0 bridgehead atoms. The third kappa shape index (κ3) is 8.66. The number of likely N-dealkylation sites (tertiary alicyclic amines) is 1. The summed E-state index contributed by atoms with van der Waals surface area (Å²) in [5, 5.41) is 7.07. The summed E-state index contributed by atoms with van der Waals surface area (Å²) >= 11 is 0. The van der Waals surface area contributed by atoms with Crippen LogP contribution in [0.3, 0.4) is 0 Å². The molecule has 1 aliphatic rings. The second-order valence-electron chi connectivity index (χ2n) is 8.01. The summed E-state index contributed by atoms with van der Waals surface area (Å²) < 4.78 is 0. The van der Waals surface area contributed by atoms with Gasteiger partial charge in [0.15, 0.2) is 5.96 Å². The van der Waals surface area contributed by atoms with E-state index >= 15 is 0 Å². The summed E-state index contributed by atoms with van der Waals surface area (Å²) in [6.07, 6.45) is 2.32. The first kappa shape index (κ1) is 25.2. The molecule has 0 spiro atoms. The Labute approximate surface area is 189 Å². The quantitative estimate of drug-likeness (QED) is 0.325. The monoisotopic (exact) mass is 501 g/mol. The first-order valence-corrected chi connectivity index (χ1v) is 10.5. The van der Waals surface area contributed by atoms with Crippen LogP contribution in [0.2, 0.25) is 0 Å². The number of nitrogens with zero attached hydrogens (tertiary/aromatic N) is 3. The van der Waals surface area contributed by atoms with E-state index in [1.54, 1.807) is 0 Å². The highest BCUT2D eigenvalue weighted by atomic mass is 127. The van der Waals surface area contributed by atoms with Crippen molar-refractivity contribution in [1.29, 1.82) is 0 Å². The fourth-order valence-corrected chi connectivity index (χ4v) is 3.50. The lowest BCUT2D eigenvalue weighted by Crippen LogP contribution is -2.51. The maximum absolute atomic E-state index is 4.78. The van der Waals surface area contributed by atoms with Gasteiger partial charge in [0.1, 0.15) is 0 Å². The highest BCUT2D eigenvalue weighted by molar-refractivity contribution is 14.0. The fraction of sp³-hybridized carbons (Fsp3) is 0.682. The molecule has 0 saturated carbocycles. The van der Waals surface area contributed by atoms with E-state index in [-0.39, 0.29) is 24.0 Å². The van der Waals surface area contributed by atoms with Crippen molar-refractivity contribution < 1.29 is 0 Å². The van der Waals surface area contributed by atoms with E-state index in [9.17, 15) is 0 Å². The van der Waals surface area contributed by atoms with Crippen LogP contribution in [0.4, 0.5) is 0 Å². The summed E-state index contributed by atoms with van der Waals surface area (Å²) in [6.45, 7) is 13.8. The molecule has 2 unspecified atom stereocenters. The smallest absolute Gasteiger partial charge is 0.191 e. The van der Waals surface area contributed by atoms with Gasteiger partial charge in [0.25, 0.3) is 0 Å². The molecular weight excluding hydrogens is 461 g/mol. The minimum absolute atomic E-state index is 0. The van der Waals surface area contributed by atoms with Crippen molar-refractivity contribution in [2.75, 3.05) is 33.2 Å². The molecule has 2 N–H and O–H groups in total. The van der Waals surface area contributed by atoms with Crippen molar-refractivity contribution in [1.82, 2.24) is 20.4 Å². The number of likely N-dealkylation sites (N-methyl/N-ethyl adjacent to an activating group) is 1. The topological polar surface area (TPSA) is 42.9 Å². The largest absolute Gasteiger partial charge is 0.357 e. The number of benzene rings is 1. The molecule has 1 aromatic carbocycles. The van der Waals surface area contributed by atoms with Crippen LogP contribution >= 0.6 is 24.0 Å². The molecule has 0 aliphatic carbocycles. The van der Waals surface area contributed by atoms with Crippen molar-refractivity contribution in [2.45, 2.75) is 65.2 Å². The molecule has 5 nitrogen and oxygen atoms in total. The van der Waals surface area contributed by atoms with Gasteiger partial charge in [-0.25, -0.2) is 0 Å². The first-order chi connectivity index (χ1) is 13.0. The van der Waals surface area contributed by atoms with Crippen molar-refractivity contribution in [3.8, 4) is 0 Å². The molecule has 1 saturated heterocycles. The predicted molar refractivity (Wildman–Crippen MR) is 132 cm³/mol. The number of guanidine groups is 1. The normalized spacial score (nSPS) is 20.9. The van der Waals surface area contributed by atoms with Crippen LogP contribution in [0.5, 0.6) is 0 Å². The van der Waals surface area contributed by atoms with Gasteiger partial charge < -0.3 is 15.5 Å². The Bertz CT molecular complexity index is 563. The Morgan fingerprint density at radius 3 is 2.61 bits per heavy atom. The van der Waals surface area contributed by atoms with Gasteiger partial charge in [-0.05, 0) is 53.1 Å². The number of hydrogen-bond donors (Lipinski definition) is 2. The Hall–Kier alpha value is -0.860. The molecule has 28 heavy (non-hydrogen) atoms. The predicted octanol–water partition coefficient (Wildman–Crippen LogP) is 3.55. The molecule has 1 aromatic rings. The molecule has 1 fully saturated rings. The summed E-state index contributed by atoms with van der Waals surface area (Å²) in [7, 11) is 2.16. The number of halogens is 1. The Balaban J connectivity index is 0.00000392. The van der Waals surface area contributed by atoms with E-state index in [2.05, 4.69) is 85.5 Å². The second-order valence-corrected chi connectivity index (χ2v) is 8.01. The lowest BCUT2D eigenvalue weighted by molar-refractivity contribution is 0.134. The zero-order valence-corrected chi connectivity index (χ0v) is 20.6. The SMILES string of the molecule is CCNC(=NCCN(C)C(C)C)NC1CCN(Cc2ccccc2)C(C)C1.I. The molecule has 0 aromatic heterocycles. The number of nitrogens with one attached hydrogen (secondary N) is 2. The van der Waals surface area contributed by atoms with Gasteiger partial charge in [0, 0.05) is 44.3 Å². The molecule has 2 atom stereocenters. The summed E-state index contributed by atoms with van der Waals surface area (Å²) in [5.74, 6) is 0.961. The van der Waals surface area contributed by atoms with Crippen LogP contribution in [0.15, 0.2) is 35.3 Å². The highest BCUT2D eigenvalue weighted by Gasteiger charge is 2.25. The maximum Gasteiger partial charge on any atom is 0.191 e. The van der Waals surface area contributed by atoms with Crippen LogP contribution in [-0.2, 0) is 6.54 Å². The lowest BCUT2D eigenvalue weighted by Gasteiger charge is -2.38. The van der Waals surface area contributed by atoms with E-state index in [1.807, 2.05) is 0 Å². The van der Waals surface area contributed by atoms with Gasteiger partial charge >= 0.3 is 0 Å². The van der Waals surface area contributed by atoms with Gasteiger partial charge in [-0.3, -0.25) is 9.89 Å². The maximum atomic E-state index is 4.78. The zero-order chi connectivity index (χ0) is 19.6. The summed E-state index contributed by atoms with van der Waals surface area (Å²) in [6, 6.07) is 12.4. The summed E-state index contributed by atoms with van der Waals surface area (Å²) in [4.78, 5) is 9.70. The second kappa shape index (κ2) is 13.4. The molecule has 1 heterocycles. The van der Waals surface area contributed by atoms with E-state index in [1.165, 1.54) is 5.56 Å². The lowest BCUT2D eigenvalue weighted by atomic mass is 9.97. The van der Waals surface area contributed by atoms with Crippen LogP contribution < -0.4 is 10.6 Å². The minimum Gasteiger partial charge on any atom is -0.357 e. The molecule has 160 valence electrons.